The first-order valence-corrected chi connectivity index (χ1v) is 7.52. The summed E-state index contributed by atoms with van der Waals surface area (Å²) < 4.78 is 13.6. The molecule has 0 heterocycles. The molecule has 0 aliphatic carbocycles. The Morgan fingerprint density at radius 2 is 1.70 bits per heavy atom. The largest absolute Gasteiger partial charge is 0.469 e. The summed E-state index contributed by atoms with van der Waals surface area (Å²) in [5.74, 6) is -5.07. The third kappa shape index (κ3) is 5.76. The van der Waals surface area contributed by atoms with E-state index in [1.165, 1.54) is 18.2 Å². The Bertz CT molecular complexity index is 747. The number of non-ortho nitro benzene ring substituents is 1. The van der Waals surface area contributed by atoms with Crippen molar-refractivity contribution >= 4 is 29.5 Å². The first kappa shape index (κ1) is 21.5. The molecule has 0 spiro atoms. The van der Waals surface area contributed by atoms with Crippen LogP contribution in [0.5, 0.6) is 0 Å². The molecule has 11 heteroatoms. The summed E-state index contributed by atoms with van der Waals surface area (Å²) in [6.45, 7) is 0. The molecule has 0 unspecified atom stereocenters. The fraction of sp³-hybridized carbons (Fsp3) is 0.375. The van der Waals surface area contributed by atoms with Crippen molar-refractivity contribution in [3.05, 3.63) is 39.9 Å². The van der Waals surface area contributed by atoms with E-state index in [-0.39, 0.29) is 11.3 Å². The zero-order chi connectivity index (χ0) is 20.6. The van der Waals surface area contributed by atoms with Crippen molar-refractivity contribution in [1.82, 2.24) is 5.32 Å². The maximum Gasteiger partial charge on any atom is 0.329 e. The van der Waals surface area contributed by atoms with Crippen LogP contribution in [-0.2, 0) is 28.6 Å². The van der Waals surface area contributed by atoms with Crippen LogP contribution in [0.15, 0.2) is 24.3 Å². The van der Waals surface area contributed by atoms with Crippen LogP contribution in [-0.4, -0.2) is 56.1 Å². The predicted molar refractivity (Wildman–Crippen MR) is 88.5 cm³/mol. The van der Waals surface area contributed by atoms with Gasteiger partial charge in [0.05, 0.1) is 38.6 Å². The third-order valence-corrected chi connectivity index (χ3v) is 3.58. The van der Waals surface area contributed by atoms with Gasteiger partial charge in [0.25, 0.3) is 11.6 Å². The molecule has 0 bridgehead atoms. The number of nitrogens with zero attached hydrogens (tertiary/aromatic N) is 1. The number of nitro benzene ring substituents is 1. The lowest BCUT2D eigenvalue weighted by Gasteiger charge is -2.23. The van der Waals surface area contributed by atoms with Gasteiger partial charge >= 0.3 is 17.9 Å². The minimum absolute atomic E-state index is 0.125. The number of esters is 3. The highest BCUT2D eigenvalue weighted by Crippen LogP contribution is 2.17. The first-order chi connectivity index (χ1) is 12.7. The molecule has 0 aliphatic rings. The molecule has 2 atom stereocenters. The standard InChI is InChI=1S/C16H18N2O9/c1-25-12(19)8-11(15(21)26-2)13(16(22)27-3)17-14(20)9-5-4-6-10(7-9)18(23)24/h4-7,11,13H,8H2,1-3H3,(H,17,20)/t11-,13+/m0/s1. The number of carbonyl (C=O) groups is 4. The molecule has 1 rings (SSSR count). The Hall–Kier alpha value is -3.50. The van der Waals surface area contributed by atoms with Gasteiger partial charge in [0.2, 0.25) is 0 Å². The van der Waals surface area contributed by atoms with Gasteiger partial charge in [0, 0.05) is 17.7 Å². The summed E-state index contributed by atoms with van der Waals surface area (Å²) >= 11 is 0. The van der Waals surface area contributed by atoms with E-state index in [9.17, 15) is 29.3 Å². The van der Waals surface area contributed by atoms with Gasteiger partial charge in [-0.25, -0.2) is 4.79 Å². The monoisotopic (exact) mass is 382 g/mol. The molecule has 1 N–H and O–H groups in total. The van der Waals surface area contributed by atoms with Gasteiger partial charge in [-0.1, -0.05) is 6.07 Å². The zero-order valence-corrected chi connectivity index (χ0v) is 14.8. The molecule has 0 saturated carbocycles. The van der Waals surface area contributed by atoms with Crippen LogP contribution in [0.2, 0.25) is 0 Å². The number of nitro groups is 1. The van der Waals surface area contributed by atoms with Crippen molar-refractivity contribution in [3.63, 3.8) is 0 Å². The Morgan fingerprint density at radius 3 is 2.22 bits per heavy atom. The number of nitrogens with one attached hydrogen (secondary N) is 1. The first-order valence-electron chi connectivity index (χ1n) is 7.52. The van der Waals surface area contributed by atoms with Crippen LogP contribution in [0.3, 0.4) is 0 Å². The summed E-state index contributed by atoms with van der Waals surface area (Å²) in [5, 5.41) is 13.1. The molecular weight excluding hydrogens is 364 g/mol. The fourth-order valence-corrected chi connectivity index (χ4v) is 2.19. The Kier molecular flexibility index (Phi) is 7.86. The number of hydrogen-bond acceptors (Lipinski definition) is 9. The van der Waals surface area contributed by atoms with Crippen LogP contribution < -0.4 is 5.32 Å². The lowest BCUT2D eigenvalue weighted by molar-refractivity contribution is -0.384. The number of methoxy groups -OCH3 is 3. The van der Waals surface area contributed by atoms with Crippen LogP contribution in [0.25, 0.3) is 0 Å². The van der Waals surface area contributed by atoms with E-state index in [0.29, 0.717) is 0 Å². The summed E-state index contributed by atoms with van der Waals surface area (Å²) in [5.41, 5.74) is -0.462. The van der Waals surface area contributed by atoms with Gasteiger partial charge in [-0.3, -0.25) is 24.5 Å². The van der Waals surface area contributed by atoms with Gasteiger partial charge < -0.3 is 19.5 Å². The lowest BCUT2D eigenvalue weighted by Crippen LogP contribution is -2.50. The van der Waals surface area contributed by atoms with E-state index in [1.54, 1.807) is 0 Å². The predicted octanol–water partition coefficient (Wildman–Crippen LogP) is 0.218. The molecular formula is C16H18N2O9. The molecule has 1 amide bonds. The number of amides is 1. The number of rotatable bonds is 8. The average Bonchev–Trinajstić information content (AvgIpc) is 2.68. The minimum atomic E-state index is -1.58. The van der Waals surface area contributed by atoms with E-state index in [4.69, 9.17) is 0 Å². The normalized spacial score (nSPS) is 12.3. The Balaban J connectivity index is 3.18. The molecule has 0 saturated heterocycles. The van der Waals surface area contributed by atoms with E-state index < -0.39 is 47.1 Å². The molecule has 27 heavy (non-hydrogen) atoms. The summed E-state index contributed by atoms with van der Waals surface area (Å²) in [6, 6.07) is 3.17. The Labute approximate surface area is 153 Å². The van der Waals surface area contributed by atoms with Crippen molar-refractivity contribution in [3.8, 4) is 0 Å². The molecule has 0 aromatic heterocycles. The van der Waals surface area contributed by atoms with E-state index in [2.05, 4.69) is 19.5 Å². The Morgan fingerprint density at radius 1 is 1.07 bits per heavy atom. The molecule has 0 radical (unpaired) electrons. The van der Waals surface area contributed by atoms with Crippen molar-refractivity contribution in [2.75, 3.05) is 21.3 Å². The second kappa shape index (κ2) is 9.85. The van der Waals surface area contributed by atoms with Gasteiger partial charge in [0.15, 0.2) is 0 Å². The van der Waals surface area contributed by atoms with Gasteiger partial charge in [-0.15, -0.1) is 0 Å². The second-order valence-electron chi connectivity index (χ2n) is 5.19. The van der Waals surface area contributed by atoms with Gasteiger partial charge in [0.1, 0.15) is 6.04 Å². The highest BCUT2D eigenvalue weighted by molar-refractivity contribution is 5.98. The maximum atomic E-state index is 12.4. The zero-order valence-electron chi connectivity index (χ0n) is 14.8. The topological polar surface area (TPSA) is 151 Å². The van der Waals surface area contributed by atoms with Gasteiger partial charge in [-0.05, 0) is 6.07 Å². The van der Waals surface area contributed by atoms with Crippen LogP contribution in [0.4, 0.5) is 5.69 Å². The second-order valence-corrected chi connectivity index (χ2v) is 5.19. The van der Waals surface area contributed by atoms with E-state index in [0.717, 1.165) is 27.4 Å². The molecule has 1 aromatic rings. The van der Waals surface area contributed by atoms with Crippen LogP contribution in [0.1, 0.15) is 16.8 Å². The highest BCUT2D eigenvalue weighted by atomic mass is 16.6. The smallest absolute Gasteiger partial charge is 0.329 e. The number of ether oxygens (including phenoxy) is 3. The number of carbonyl (C=O) groups excluding carboxylic acids is 4. The minimum Gasteiger partial charge on any atom is -0.469 e. The van der Waals surface area contributed by atoms with Crippen LogP contribution >= 0.6 is 0 Å². The van der Waals surface area contributed by atoms with Crippen molar-refractivity contribution in [2.24, 2.45) is 5.92 Å². The fourth-order valence-electron chi connectivity index (χ4n) is 2.19. The van der Waals surface area contributed by atoms with Gasteiger partial charge in [-0.2, -0.15) is 0 Å². The molecule has 0 fully saturated rings. The molecule has 146 valence electrons. The lowest BCUT2D eigenvalue weighted by atomic mass is 9.95. The highest BCUT2D eigenvalue weighted by Gasteiger charge is 2.38. The summed E-state index contributed by atoms with van der Waals surface area (Å²) in [4.78, 5) is 58.2. The molecule has 1 aromatic carbocycles. The summed E-state index contributed by atoms with van der Waals surface area (Å²) in [7, 11) is 3.16. The molecule has 0 aliphatic heterocycles. The number of benzene rings is 1. The maximum absolute atomic E-state index is 12.4. The van der Waals surface area contributed by atoms with Crippen molar-refractivity contribution in [1.29, 1.82) is 0 Å². The van der Waals surface area contributed by atoms with Crippen LogP contribution in [0, 0.1) is 16.0 Å². The quantitative estimate of drug-likeness (QED) is 0.288. The summed E-state index contributed by atoms with van der Waals surface area (Å²) in [6.07, 6.45) is -0.557. The average molecular weight is 382 g/mol. The van der Waals surface area contributed by atoms with Crippen molar-refractivity contribution < 1.29 is 38.3 Å². The van der Waals surface area contributed by atoms with E-state index >= 15 is 0 Å². The SMILES string of the molecule is COC(=O)C[C@H](C(=O)OC)[C@@H](NC(=O)c1cccc([N+](=O)[O-])c1)C(=O)OC. The molecule has 11 nitrogen and oxygen atoms in total. The van der Waals surface area contributed by atoms with Crippen molar-refractivity contribution in [2.45, 2.75) is 12.5 Å². The van der Waals surface area contributed by atoms with E-state index in [1.807, 2.05) is 0 Å². The number of hydrogen-bond donors (Lipinski definition) is 1. The third-order valence-electron chi connectivity index (χ3n) is 3.58.